The molecule has 0 atom stereocenters. The molecule has 0 saturated heterocycles. The summed E-state index contributed by atoms with van der Waals surface area (Å²) >= 11 is 6.17. The van der Waals surface area contributed by atoms with Gasteiger partial charge in [0.15, 0.2) is 0 Å². The Bertz CT molecular complexity index is 398. The van der Waals surface area contributed by atoms with Crippen LogP contribution in [0.2, 0.25) is 5.02 Å². The average molecular weight is 281 g/mol. The fourth-order valence-electron chi connectivity index (χ4n) is 3.07. The molecule has 3 heteroatoms. The Morgan fingerprint density at radius 1 is 1.21 bits per heavy atom. The van der Waals surface area contributed by atoms with Gasteiger partial charge in [0.25, 0.3) is 0 Å². The van der Waals surface area contributed by atoms with Gasteiger partial charge < -0.3 is 10.6 Å². The zero-order valence-corrected chi connectivity index (χ0v) is 12.6. The van der Waals surface area contributed by atoms with Crippen molar-refractivity contribution in [2.45, 2.75) is 51.0 Å². The second-order valence-electron chi connectivity index (χ2n) is 5.57. The topological polar surface area (TPSA) is 29.3 Å². The van der Waals surface area contributed by atoms with Gasteiger partial charge in [-0.3, -0.25) is 0 Å². The number of hydrogen-bond acceptors (Lipinski definition) is 2. The van der Waals surface area contributed by atoms with Crippen LogP contribution in [-0.2, 0) is 6.42 Å². The highest BCUT2D eigenvalue weighted by molar-refractivity contribution is 6.30. The van der Waals surface area contributed by atoms with Crippen LogP contribution in [0.5, 0.6) is 0 Å². The molecule has 0 aromatic heterocycles. The molecule has 1 aliphatic rings. The van der Waals surface area contributed by atoms with Crippen molar-refractivity contribution in [1.82, 2.24) is 0 Å². The third kappa shape index (κ3) is 3.87. The van der Waals surface area contributed by atoms with E-state index in [1.165, 1.54) is 49.8 Å². The Morgan fingerprint density at radius 3 is 2.53 bits per heavy atom. The van der Waals surface area contributed by atoms with E-state index in [0.29, 0.717) is 12.6 Å². The van der Waals surface area contributed by atoms with Crippen LogP contribution in [0, 0.1) is 0 Å². The van der Waals surface area contributed by atoms with Crippen molar-refractivity contribution in [1.29, 1.82) is 0 Å². The van der Waals surface area contributed by atoms with Crippen molar-refractivity contribution < 1.29 is 0 Å². The van der Waals surface area contributed by atoms with Gasteiger partial charge in [-0.15, -0.1) is 0 Å². The molecule has 0 amide bonds. The number of halogens is 1. The number of rotatable bonds is 4. The van der Waals surface area contributed by atoms with Gasteiger partial charge in [-0.1, -0.05) is 43.4 Å². The second kappa shape index (κ2) is 7.16. The normalized spacial score (nSPS) is 17.2. The third-order valence-corrected chi connectivity index (χ3v) is 4.45. The Balaban J connectivity index is 2.20. The molecule has 1 aromatic carbocycles. The molecule has 2 nitrogen and oxygen atoms in total. The molecule has 19 heavy (non-hydrogen) atoms. The largest absolute Gasteiger partial charge is 0.371 e. The standard InChI is InChI=1S/C16H25ClN2/c1-19(15-6-4-2-3-5-7-15)16-12-14(17)9-8-13(16)10-11-18/h8-9,12,15H,2-7,10-11,18H2,1H3. The summed E-state index contributed by atoms with van der Waals surface area (Å²) in [6, 6.07) is 6.84. The lowest BCUT2D eigenvalue weighted by Crippen LogP contribution is -2.32. The molecule has 106 valence electrons. The summed E-state index contributed by atoms with van der Waals surface area (Å²) < 4.78 is 0. The third-order valence-electron chi connectivity index (χ3n) is 4.21. The van der Waals surface area contributed by atoms with E-state index in [9.17, 15) is 0 Å². The molecular formula is C16H25ClN2. The first-order chi connectivity index (χ1) is 9.22. The number of nitrogens with two attached hydrogens (primary N) is 1. The molecule has 1 fully saturated rings. The van der Waals surface area contributed by atoms with Crippen molar-refractivity contribution in [2.75, 3.05) is 18.5 Å². The first kappa shape index (κ1) is 14.7. The van der Waals surface area contributed by atoms with E-state index in [4.69, 9.17) is 17.3 Å². The predicted octanol–water partition coefficient (Wildman–Crippen LogP) is 4.00. The minimum absolute atomic E-state index is 0.650. The Kier molecular flexibility index (Phi) is 5.53. The molecule has 2 rings (SSSR count). The lowest BCUT2D eigenvalue weighted by atomic mass is 10.0. The fourth-order valence-corrected chi connectivity index (χ4v) is 3.24. The molecule has 1 saturated carbocycles. The van der Waals surface area contributed by atoms with E-state index in [2.05, 4.69) is 24.1 Å². The zero-order chi connectivity index (χ0) is 13.7. The van der Waals surface area contributed by atoms with Gasteiger partial charge in [-0.05, 0) is 43.5 Å². The number of anilines is 1. The van der Waals surface area contributed by atoms with Gasteiger partial charge in [0.05, 0.1) is 0 Å². The summed E-state index contributed by atoms with van der Waals surface area (Å²) in [5, 5.41) is 0.816. The summed E-state index contributed by atoms with van der Waals surface area (Å²) in [7, 11) is 2.21. The van der Waals surface area contributed by atoms with E-state index in [1.54, 1.807) is 0 Å². The summed E-state index contributed by atoms with van der Waals surface area (Å²) in [6.45, 7) is 0.688. The Morgan fingerprint density at radius 2 is 1.89 bits per heavy atom. The molecule has 0 aliphatic heterocycles. The summed E-state index contributed by atoms with van der Waals surface area (Å²) in [5.41, 5.74) is 8.31. The van der Waals surface area contributed by atoms with Crippen LogP contribution in [-0.4, -0.2) is 19.6 Å². The summed E-state index contributed by atoms with van der Waals surface area (Å²) in [4.78, 5) is 2.43. The first-order valence-electron chi connectivity index (χ1n) is 7.43. The molecule has 0 unspecified atom stereocenters. The molecule has 1 aliphatic carbocycles. The quantitative estimate of drug-likeness (QED) is 0.845. The fraction of sp³-hybridized carbons (Fsp3) is 0.625. The molecule has 1 aromatic rings. The lowest BCUT2D eigenvalue weighted by Gasteiger charge is -2.31. The summed E-state index contributed by atoms with van der Waals surface area (Å²) in [6.07, 6.45) is 8.98. The van der Waals surface area contributed by atoms with Crippen molar-refractivity contribution in [3.63, 3.8) is 0 Å². The maximum Gasteiger partial charge on any atom is 0.0426 e. The minimum atomic E-state index is 0.650. The Labute approximate surface area is 121 Å². The van der Waals surface area contributed by atoms with E-state index in [1.807, 2.05) is 6.07 Å². The smallest absolute Gasteiger partial charge is 0.0426 e. The van der Waals surface area contributed by atoms with Crippen molar-refractivity contribution in [3.05, 3.63) is 28.8 Å². The van der Waals surface area contributed by atoms with Crippen LogP contribution >= 0.6 is 11.6 Å². The second-order valence-corrected chi connectivity index (χ2v) is 6.00. The monoisotopic (exact) mass is 280 g/mol. The predicted molar refractivity (Wildman–Crippen MR) is 84.1 cm³/mol. The zero-order valence-electron chi connectivity index (χ0n) is 11.9. The van der Waals surface area contributed by atoms with Gasteiger partial charge in [-0.2, -0.15) is 0 Å². The molecule has 0 radical (unpaired) electrons. The van der Waals surface area contributed by atoms with E-state index in [-0.39, 0.29) is 0 Å². The van der Waals surface area contributed by atoms with Crippen molar-refractivity contribution in [3.8, 4) is 0 Å². The first-order valence-corrected chi connectivity index (χ1v) is 7.81. The van der Waals surface area contributed by atoms with Crippen LogP contribution in [0.15, 0.2) is 18.2 Å². The maximum atomic E-state index is 6.17. The van der Waals surface area contributed by atoms with E-state index < -0.39 is 0 Å². The molecule has 0 heterocycles. The van der Waals surface area contributed by atoms with Gasteiger partial charge in [0.1, 0.15) is 0 Å². The van der Waals surface area contributed by atoms with Crippen molar-refractivity contribution in [2.24, 2.45) is 5.73 Å². The number of hydrogen-bond donors (Lipinski definition) is 1. The summed E-state index contributed by atoms with van der Waals surface area (Å²) in [5.74, 6) is 0. The SMILES string of the molecule is CN(c1cc(Cl)ccc1CCN)C1CCCCCC1. The highest BCUT2D eigenvalue weighted by Gasteiger charge is 2.19. The minimum Gasteiger partial charge on any atom is -0.371 e. The molecule has 0 spiro atoms. The van der Waals surface area contributed by atoms with Crippen LogP contribution in [0.25, 0.3) is 0 Å². The Hall–Kier alpha value is -0.730. The highest BCUT2D eigenvalue weighted by Crippen LogP contribution is 2.30. The van der Waals surface area contributed by atoms with Gasteiger partial charge in [0.2, 0.25) is 0 Å². The van der Waals surface area contributed by atoms with E-state index in [0.717, 1.165) is 11.4 Å². The highest BCUT2D eigenvalue weighted by atomic mass is 35.5. The maximum absolute atomic E-state index is 6.17. The van der Waals surface area contributed by atoms with Crippen molar-refractivity contribution >= 4 is 17.3 Å². The van der Waals surface area contributed by atoms with Gasteiger partial charge in [0, 0.05) is 23.8 Å². The van der Waals surface area contributed by atoms with Crippen LogP contribution in [0.3, 0.4) is 0 Å². The van der Waals surface area contributed by atoms with Gasteiger partial charge in [-0.25, -0.2) is 0 Å². The number of nitrogens with zero attached hydrogens (tertiary/aromatic N) is 1. The van der Waals surface area contributed by atoms with Crippen LogP contribution < -0.4 is 10.6 Å². The van der Waals surface area contributed by atoms with E-state index >= 15 is 0 Å². The average Bonchev–Trinajstić information content (AvgIpc) is 2.69. The van der Waals surface area contributed by atoms with Crippen LogP contribution in [0.1, 0.15) is 44.1 Å². The molecular weight excluding hydrogens is 256 g/mol. The van der Waals surface area contributed by atoms with Gasteiger partial charge >= 0.3 is 0 Å². The molecule has 0 bridgehead atoms. The van der Waals surface area contributed by atoms with Crippen LogP contribution in [0.4, 0.5) is 5.69 Å². The molecule has 2 N–H and O–H groups in total. The lowest BCUT2D eigenvalue weighted by molar-refractivity contribution is 0.552. The number of benzene rings is 1.